The Kier molecular flexibility index (Phi) is 3.84. The molecule has 0 unspecified atom stereocenters. The summed E-state index contributed by atoms with van der Waals surface area (Å²) in [5.74, 6) is 0.489. The van der Waals surface area contributed by atoms with Gasteiger partial charge in [-0.25, -0.2) is 0 Å². The number of phenols is 2. The Morgan fingerprint density at radius 1 is 0.850 bits per heavy atom. The predicted molar refractivity (Wildman–Crippen MR) is 84.3 cm³/mol. The highest BCUT2D eigenvalue weighted by Crippen LogP contribution is 2.36. The van der Waals surface area contributed by atoms with E-state index in [0.717, 1.165) is 33.0 Å². The number of fused-ring (bicyclic) bond motifs is 1. The second-order valence-corrected chi connectivity index (χ2v) is 5.49. The maximum Gasteiger partial charge on any atom is 0.119 e. The molecule has 0 saturated carbocycles. The molecule has 0 saturated heterocycles. The Morgan fingerprint density at radius 3 is 1.60 bits per heavy atom. The Bertz CT molecular complexity index is 639. The van der Waals surface area contributed by atoms with E-state index in [1.165, 1.54) is 0 Å². The minimum atomic E-state index is 0.245. The molecule has 0 atom stereocenters. The van der Waals surface area contributed by atoms with Gasteiger partial charge in [-0.3, -0.25) is 0 Å². The van der Waals surface area contributed by atoms with Gasteiger partial charge >= 0.3 is 0 Å². The summed E-state index contributed by atoms with van der Waals surface area (Å²) in [7, 11) is 0. The first-order valence-electron chi connectivity index (χ1n) is 6.64. The van der Waals surface area contributed by atoms with E-state index < -0.39 is 0 Å². The van der Waals surface area contributed by atoms with Crippen LogP contribution in [0.15, 0.2) is 48.6 Å². The summed E-state index contributed by atoms with van der Waals surface area (Å²) in [6.45, 7) is 11.7. The number of hydrogen-bond donors (Lipinski definition) is 2. The lowest BCUT2D eigenvalue weighted by atomic mass is 9.91. The molecule has 104 valence electrons. The highest BCUT2D eigenvalue weighted by atomic mass is 16.3. The van der Waals surface area contributed by atoms with E-state index in [-0.39, 0.29) is 11.5 Å². The lowest BCUT2D eigenvalue weighted by Gasteiger charge is -2.15. The smallest absolute Gasteiger partial charge is 0.119 e. The van der Waals surface area contributed by atoms with Gasteiger partial charge in [0, 0.05) is 11.1 Å². The number of benzene rings is 2. The van der Waals surface area contributed by atoms with Crippen molar-refractivity contribution in [2.45, 2.75) is 26.7 Å². The molecule has 20 heavy (non-hydrogen) atoms. The van der Waals surface area contributed by atoms with E-state index in [1.807, 2.05) is 26.0 Å². The van der Waals surface area contributed by atoms with Gasteiger partial charge in [-0.2, -0.15) is 0 Å². The third-order valence-electron chi connectivity index (χ3n) is 3.31. The molecule has 0 heterocycles. The molecule has 2 rings (SSSR count). The quantitative estimate of drug-likeness (QED) is 0.802. The lowest BCUT2D eigenvalue weighted by Crippen LogP contribution is -1.96. The highest BCUT2D eigenvalue weighted by Gasteiger charge is 2.14. The zero-order valence-corrected chi connectivity index (χ0v) is 12.0. The van der Waals surface area contributed by atoms with Gasteiger partial charge in [-0.05, 0) is 49.6 Å². The molecule has 2 N–H and O–H groups in total. The molecular formula is C18H20O2. The fourth-order valence-corrected chi connectivity index (χ4v) is 2.51. The molecule has 0 amide bonds. The zero-order valence-electron chi connectivity index (χ0n) is 12.0. The van der Waals surface area contributed by atoms with E-state index in [4.69, 9.17) is 0 Å². The molecule has 0 fully saturated rings. The maximum absolute atomic E-state index is 10.2. The SMILES string of the molecule is C=C(C)Cc1c(O)ccc2ccc(O)c(CC(=C)C)c12. The van der Waals surface area contributed by atoms with E-state index in [9.17, 15) is 10.2 Å². The Morgan fingerprint density at radius 2 is 1.25 bits per heavy atom. The molecule has 0 aliphatic carbocycles. The van der Waals surface area contributed by atoms with Crippen LogP contribution in [0, 0.1) is 0 Å². The molecule has 2 aromatic carbocycles. The first-order chi connectivity index (χ1) is 9.40. The minimum absolute atomic E-state index is 0.245. The summed E-state index contributed by atoms with van der Waals surface area (Å²) in [4.78, 5) is 0. The summed E-state index contributed by atoms with van der Waals surface area (Å²) < 4.78 is 0. The first-order valence-corrected chi connectivity index (χ1v) is 6.64. The monoisotopic (exact) mass is 268 g/mol. The van der Waals surface area contributed by atoms with Gasteiger partial charge in [0.15, 0.2) is 0 Å². The largest absolute Gasteiger partial charge is 0.508 e. The van der Waals surface area contributed by atoms with Crippen molar-refractivity contribution >= 4 is 10.8 Å². The average molecular weight is 268 g/mol. The number of phenolic OH excluding ortho intramolecular Hbond substituents is 2. The van der Waals surface area contributed by atoms with Crippen molar-refractivity contribution in [3.8, 4) is 11.5 Å². The van der Waals surface area contributed by atoms with Gasteiger partial charge in [0.05, 0.1) is 0 Å². The van der Waals surface area contributed by atoms with Crippen LogP contribution in [0.2, 0.25) is 0 Å². The summed E-state index contributed by atoms with van der Waals surface area (Å²) >= 11 is 0. The van der Waals surface area contributed by atoms with Gasteiger partial charge in [0.2, 0.25) is 0 Å². The van der Waals surface area contributed by atoms with Crippen LogP contribution < -0.4 is 0 Å². The van der Waals surface area contributed by atoms with Crippen LogP contribution >= 0.6 is 0 Å². The molecule has 2 heteroatoms. The Balaban J connectivity index is 2.81. The van der Waals surface area contributed by atoms with Crippen molar-refractivity contribution in [3.05, 3.63) is 59.7 Å². The standard InChI is InChI=1S/C18H20O2/c1-11(2)9-14-16(19)7-5-13-6-8-17(20)15(18(13)14)10-12(3)4/h5-8,19-20H,1,3,9-10H2,2,4H3. The van der Waals surface area contributed by atoms with Gasteiger partial charge < -0.3 is 10.2 Å². The lowest BCUT2D eigenvalue weighted by molar-refractivity contribution is 0.468. The molecule has 2 nitrogen and oxygen atoms in total. The van der Waals surface area contributed by atoms with Crippen LogP contribution in [0.1, 0.15) is 25.0 Å². The third-order valence-corrected chi connectivity index (χ3v) is 3.31. The number of rotatable bonds is 4. The van der Waals surface area contributed by atoms with Crippen LogP contribution in [-0.2, 0) is 12.8 Å². The van der Waals surface area contributed by atoms with Crippen molar-refractivity contribution in [1.29, 1.82) is 0 Å². The second kappa shape index (κ2) is 5.41. The van der Waals surface area contributed by atoms with Crippen LogP contribution in [0.3, 0.4) is 0 Å². The Hall–Kier alpha value is -2.22. The van der Waals surface area contributed by atoms with E-state index in [1.54, 1.807) is 12.1 Å². The molecule has 0 aliphatic heterocycles. The summed E-state index contributed by atoms with van der Waals surface area (Å²) in [5, 5.41) is 22.2. The molecule has 0 radical (unpaired) electrons. The van der Waals surface area contributed by atoms with Crippen LogP contribution in [-0.4, -0.2) is 10.2 Å². The van der Waals surface area contributed by atoms with Crippen molar-refractivity contribution in [2.24, 2.45) is 0 Å². The van der Waals surface area contributed by atoms with E-state index in [0.29, 0.717) is 12.8 Å². The van der Waals surface area contributed by atoms with Crippen LogP contribution in [0.25, 0.3) is 10.8 Å². The van der Waals surface area contributed by atoms with Gasteiger partial charge in [0.25, 0.3) is 0 Å². The highest BCUT2D eigenvalue weighted by molar-refractivity contribution is 5.92. The third kappa shape index (κ3) is 2.69. The van der Waals surface area contributed by atoms with Crippen molar-refractivity contribution in [3.63, 3.8) is 0 Å². The first kappa shape index (κ1) is 14.2. The molecule has 0 aliphatic rings. The van der Waals surface area contributed by atoms with Crippen molar-refractivity contribution < 1.29 is 10.2 Å². The maximum atomic E-state index is 10.2. The zero-order chi connectivity index (χ0) is 14.9. The fourth-order valence-electron chi connectivity index (χ4n) is 2.51. The van der Waals surface area contributed by atoms with Crippen molar-refractivity contribution in [2.75, 3.05) is 0 Å². The molecule has 0 bridgehead atoms. The number of allylic oxidation sites excluding steroid dienone is 2. The molecule has 2 aromatic rings. The fraction of sp³-hybridized carbons (Fsp3) is 0.222. The average Bonchev–Trinajstić information content (AvgIpc) is 2.35. The molecular weight excluding hydrogens is 248 g/mol. The summed E-state index contributed by atoms with van der Waals surface area (Å²) in [5.41, 5.74) is 3.58. The predicted octanol–water partition coefficient (Wildman–Crippen LogP) is 4.49. The van der Waals surface area contributed by atoms with Gasteiger partial charge in [-0.15, -0.1) is 0 Å². The van der Waals surface area contributed by atoms with E-state index >= 15 is 0 Å². The van der Waals surface area contributed by atoms with Crippen LogP contribution in [0.5, 0.6) is 11.5 Å². The van der Waals surface area contributed by atoms with Gasteiger partial charge in [0.1, 0.15) is 11.5 Å². The van der Waals surface area contributed by atoms with Gasteiger partial charge in [-0.1, -0.05) is 36.4 Å². The normalized spacial score (nSPS) is 10.7. The number of hydrogen-bond acceptors (Lipinski definition) is 2. The summed E-state index contributed by atoms with van der Waals surface area (Å²) in [6, 6.07) is 7.13. The van der Waals surface area contributed by atoms with Crippen molar-refractivity contribution in [1.82, 2.24) is 0 Å². The number of aromatic hydroxyl groups is 2. The molecule has 0 aromatic heterocycles. The topological polar surface area (TPSA) is 40.5 Å². The minimum Gasteiger partial charge on any atom is -0.508 e. The Labute approximate surface area is 119 Å². The van der Waals surface area contributed by atoms with E-state index in [2.05, 4.69) is 13.2 Å². The second-order valence-electron chi connectivity index (χ2n) is 5.49. The van der Waals surface area contributed by atoms with Crippen LogP contribution in [0.4, 0.5) is 0 Å². The molecule has 0 spiro atoms. The summed E-state index contributed by atoms with van der Waals surface area (Å²) in [6.07, 6.45) is 1.19.